The molecule has 0 saturated heterocycles. The lowest BCUT2D eigenvalue weighted by Crippen LogP contribution is -2.09. The van der Waals surface area contributed by atoms with Gasteiger partial charge in [-0.3, -0.25) is 0 Å². The second kappa shape index (κ2) is 6.69. The third-order valence-corrected chi connectivity index (χ3v) is 5.07. The fourth-order valence-electron chi connectivity index (χ4n) is 3.12. The van der Waals surface area contributed by atoms with Crippen molar-refractivity contribution >= 4 is 22.2 Å². The van der Waals surface area contributed by atoms with Crippen LogP contribution in [0.3, 0.4) is 0 Å². The monoisotopic (exact) mass is 322 g/mol. The molecule has 1 nitrogen and oxygen atoms in total. The number of hydrogen-bond donors (Lipinski definition) is 0. The molecule has 0 heterocycles. The molecule has 19 heavy (non-hydrogen) atoms. The van der Waals surface area contributed by atoms with Crippen LogP contribution >= 0.6 is 15.9 Å². The fourth-order valence-corrected chi connectivity index (χ4v) is 3.50. The van der Waals surface area contributed by atoms with Gasteiger partial charge in [0.1, 0.15) is 6.29 Å². The molecule has 0 radical (unpaired) electrons. The minimum Gasteiger partial charge on any atom is -0.303 e. The van der Waals surface area contributed by atoms with Crippen molar-refractivity contribution in [2.45, 2.75) is 51.9 Å². The summed E-state index contributed by atoms with van der Waals surface area (Å²) in [6, 6.07) is 6.38. The van der Waals surface area contributed by atoms with Crippen LogP contribution < -0.4 is 0 Å². The lowest BCUT2D eigenvalue weighted by Gasteiger charge is -2.16. The second-order valence-corrected chi connectivity index (χ2v) is 6.83. The number of hydrogen-bond acceptors (Lipinski definition) is 1. The maximum Gasteiger partial charge on any atom is 0.127 e. The Balaban J connectivity index is 1.99. The number of fused-ring (bicyclic) bond motifs is 1. The molecule has 0 N–H and O–H groups in total. The van der Waals surface area contributed by atoms with E-state index in [0.717, 1.165) is 23.1 Å². The lowest BCUT2D eigenvalue weighted by atomic mass is 9.88. The van der Waals surface area contributed by atoms with Crippen LogP contribution in [0, 0.1) is 11.8 Å². The smallest absolute Gasteiger partial charge is 0.127 e. The molecule has 3 atom stereocenters. The first-order chi connectivity index (χ1) is 9.15. The van der Waals surface area contributed by atoms with Gasteiger partial charge in [0.05, 0.1) is 0 Å². The van der Waals surface area contributed by atoms with Crippen LogP contribution in [0.2, 0.25) is 0 Å². The van der Waals surface area contributed by atoms with Gasteiger partial charge in [0.15, 0.2) is 0 Å². The highest BCUT2D eigenvalue weighted by Crippen LogP contribution is 2.40. The van der Waals surface area contributed by atoms with Crippen LogP contribution in [0.5, 0.6) is 0 Å². The topological polar surface area (TPSA) is 17.1 Å². The van der Waals surface area contributed by atoms with Gasteiger partial charge in [-0.05, 0) is 47.9 Å². The Bertz CT molecular complexity index is 441. The molecule has 1 aromatic rings. The molecule has 2 heteroatoms. The third kappa shape index (κ3) is 3.47. The Morgan fingerprint density at radius 2 is 2.26 bits per heavy atom. The van der Waals surface area contributed by atoms with Crippen LogP contribution in [0.4, 0.5) is 0 Å². The van der Waals surface area contributed by atoms with Gasteiger partial charge in [-0.15, -0.1) is 0 Å². The van der Waals surface area contributed by atoms with Gasteiger partial charge in [-0.2, -0.15) is 0 Å². The molecule has 0 aliphatic heterocycles. The SMILES string of the molecule is CC[C@H](C)CCC[C@H]1Cc2ccc(Br)cc2C1C=O. The van der Waals surface area contributed by atoms with E-state index in [-0.39, 0.29) is 5.92 Å². The Morgan fingerprint density at radius 1 is 1.47 bits per heavy atom. The molecule has 0 fully saturated rings. The van der Waals surface area contributed by atoms with Gasteiger partial charge in [-0.1, -0.05) is 55.1 Å². The first-order valence-electron chi connectivity index (χ1n) is 7.39. The largest absolute Gasteiger partial charge is 0.303 e. The van der Waals surface area contributed by atoms with Crippen molar-refractivity contribution in [1.29, 1.82) is 0 Å². The number of rotatable bonds is 6. The van der Waals surface area contributed by atoms with Crippen molar-refractivity contribution < 1.29 is 4.79 Å². The van der Waals surface area contributed by atoms with Crippen LogP contribution in [-0.4, -0.2) is 6.29 Å². The number of aldehydes is 1. The van der Waals surface area contributed by atoms with Gasteiger partial charge >= 0.3 is 0 Å². The van der Waals surface area contributed by atoms with Crippen molar-refractivity contribution in [1.82, 2.24) is 0 Å². The van der Waals surface area contributed by atoms with Crippen LogP contribution in [0.25, 0.3) is 0 Å². The molecule has 1 unspecified atom stereocenters. The number of benzene rings is 1. The highest BCUT2D eigenvalue weighted by molar-refractivity contribution is 9.10. The molecule has 1 aromatic carbocycles. The summed E-state index contributed by atoms with van der Waals surface area (Å²) in [6.07, 6.45) is 7.21. The fraction of sp³-hybridized carbons (Fsp3) is 0.588. The van der Waals surface area contributed by atoms with E-state index in [1.54, 1.807) is 0 Å². The van der Waals surface area contributed by atoms with E-state index in [1.807, 2.05) is 0 Å². The lowest BCUT2D eigenvalue weighted by molar-refractivity contribution is -0.109. The summed E-state index contributed by atoms with van der Waals surface area (Å²) in [4.78, 5) is 11.4. The van der Waals surface area contributed by atoms with Gasteiger partial charge in [0.25, 0.3) is 0 Å². The molecule has 0 saturated carbocycles. The molecule has 1 aliphatic carbocycles. The van der Waals surface area contributed by atoms with Crippen molar-refractivity contribution in [3.63, 3.8) is 0 Å². The molecular formula is C17H23BrO. The Labute approximate surface area is 124 Å². The molecule has 0 spiro atoms. The van der Waals surface area contributed by atoms with Gasteiger partial charge in [0, 0.05) is 10.4 Å². The predicted octanol–water partition coefficient (Wildman–Crippen LogP) is 5.12. The maximum absolute atomic E-state index is 11.4. The Kier molecular flexibility index (Phi) is 5.20. The number of carbonyl (C=O) groups excluding carboxylic acids is 1. The van der Waals surface area contributed by atoms with E-state index in [2.05, 4.69) is 48.0 Å². The summed E-state index contributed by atoms with van der Waals surface area (Å²) in [5.41, 5.74) is 2.62. The maximum atomic E-state index is 11.4. The normalized spacial score (nSPS) is 23.1. The second-order valence-electron chi connectivity index (χ2n) is 5.91. The Morgan fingerprint density at radius 3 is 2.95 bits per heavy atom. The van der Waals surface area contributed by atoms with E-state index in [1.165, 1.54) is 36.8 Å². The summed E-state index contributed by atoms with van der Waals surface area (Å²) in [6.45, 7) is 4.57. The third-order valence-electron chi connectivity index (χ3n) is 4.57. The molecule has 0 aromatic heterocycles. The number of carbonyl (C=O) groups is 1. The van der Waals surface area contributed by atoms with Crippen molar-refractivity contribution in [2.75, 3.05) is 0 Å². The van der Waals surface area contributed by atoms with E-state index < -0.39 is 0 Å². The van der Waals surface area contributed by atoms with E-state index >= 15 is 0 Å². The molecular weight excluding hydrogens is 300 g/mol. The molecule has 0 bridgehead atoms. The minimum atomic E-state index is 0.115. The van der Waals surface area contributed by atoms with Crippen LogP contribution in [0.1, 0.15) is 56.6 Å². The first-order valence-corrected chi connectivity index (χ1v) is 8.18. The highest BCUT2D eigenvalue weighted by atomic mass is 79.9. The summed E-state index contributed by atoms with van der Waals surface area (Å²) < 4.78 is 1.08. The molecule has 0 amide bonds. The minimum absolute atomic E-state index is 0.115. The zero-order chi connectivity index (χ0) is 13.8. The average Bonchev–Trinajstić information content (AvgIpc) is 2.75. The van der Waals surface area contributed by atoms with Gasteiger partial charge in [-0.25, -0.2) is 0 Å². The van der Waals surface area contributed by atoms with Crippen LogP contribution in [-0.2, 0) is 11.2 Å². The Hall–Kier alpha value is -0.630. The van der Waals surface area contributed by atoms with E-state index in [9.17, 15) is 4.79 Å². The number of halogens is 1. The average molecular weight is 323 g/mol. The van der Waals surface area contributed by atoms with Crippen molar-refractivity contribution in [3.05, 3.63) is 33.8 Å². The van der Waals surface area contributed by atoms with Gasteiger partial charge < -0.3 is 4.79 Å². The summed E-state index contributed by atoms with van der Waals surface area (Å²) in [5.74, 6) is 1.45. The highest BCUT2D eigenvalue weighted by Gasteiger charge is 2.31. The standard InChI is InChI=1S/C17H23BrO/c1-3-12(2)5-4-6-13-9-14-7-8-15(18)10-16(14)17(13)11-19/h7-8,10-13,17H,3-6,9H2,1-2H3/t12-,13-,17?/m0/s1. The summed E-state index contributed by atoms with van der Waals surface area (Å²) in [5, 5.41) is 0. The van der Waals surface area contributed by atoms with E-state index in [4.69, 9.17) is 0 Å². The van der Waals surface area contributed by atoms with Crippen molar-refractivity contribution in [3.8, 4) is 0 Å². The van der Waals surface area contributed by atoms with E-state index in [0.29, 0.717) is 5.92 Å². The molecule has 2 rings (SSSR count). The summed E-state index contributed by atoms with van der Waals surface area (Å²) in [7, 11) is 0. The molecule has 104 valence electrons. The van der Waals surface area contributed by atoms with Crippen molar-refractivity contribution in [2.24, 2.45) is 11.8 Å². The van der Waals surface area contributed by atoms with Gasteiger partial charge in [0.2, 0.25) is 0 Å². The molecule has 1 aliphatic rings. The van der Waals surface area contributed by atoms with Crippen LogP contribution in [0.15, 0.2) is 22.7 Å². The summed E-state index contributed by atoms with van der Waals surface area (Å²) >= 11 is 3.51. The zero-order valence-electron chi connectivity index (χ0n) is 11.9. The predicted molar refractivity (Wildman–Crippen MR) is 83.4 cm³/mol. The first kappa shape index (κ1) is 14.8. The quantitative estimate of drug-likeness (QED) is 0.664. The zero-order valence-corrected chi connectivity index (χ0v) is 13.4.